The molecular formula is C24H27BClNO4S. The third-order valence-corrected chi connectivity index (χ3v) is 7.69. The number of halogens is 1. The summed E-state index contributed by atoms with van der Waals surface area (Å²) in [6, 6.07) is 13.0. The number of fused-ring (bicyclic) bond motifs is 1. The molecule has 0 aliphatic heterocycles. The number of nitrogens with zero attached hydrogens (tertiary/aromatic N) is 1. The smallest absolute Gasteiger partial charge is 0.488 e. The fourth-order valence-electron chi connectivity index (χ4n) is 4.40. The average Bonchev–Trinajstić information content (AvgIpc) is 3.15. The van der Waals surface area contributed by atoms with Crippen LogP contribution in [0.1, 0.15) is 54.3 Å². The Morgan fingerprint density at radius 3 is 2.62 bits per heavy atom. The first-order valence-corrected chi connectivity index (χ1v) is 12.3. The number of carbonyl (C=O) groups is 1. The van der Waals surface area contributed by atoms with Crippen LogP contribution in [-0.4, -0.2) is 40.6 Å². The van der Waals surface area contributed by atoms with Crippen molar-refractivity contribution in [1.82, 2.24) is 4.90 Å². The van der Waals surface area contributed by atoms with Crippen molar-refractivity contribution < 1.29 is 19.6 Å². The van der Waals surface area contributed by atoms with Gasteiger partial charge in [-0.25, -0.2) is 0 Å². The van der Waals surface area contributed by atoms with Gasteiger partial charge >= 0.3 is 7.12 Å². The van der Waals surface area contributed by atoms with Gasteiger partial charge < -0.3 is 19.7 Å². The highest BCUT2D eigenvalue weighted by molar-refractivity contribution is 7.21. The molecule has 2 N–H and O–H groups in total. The molecule has 1 saturated carbocycles. The molecule has 32 heavy (non-hydrogen) atoms. The fourth-order valence-corrected chi connectivity index (χ4v) is 5.87. The van der Waals surface area contributed by atoms with Gasteiger partial charge in [0.05, 0.1) is 11.6 Å². The van der Waals surface area contributed by atoms with E-state index in [2.05, 4.69) is 0 Å². The quantitative estimate of drug-likeness (QED) is 0.494. The Hall–Kier alpha value is -2.06. The minimum absolute atomic E-state index is 0.0829. The van der Waals surface area contributed by atoms with Crippen LogP contribution in [-0.2, 0) is 6.54 Å². The first-order chi connectivity index (χ1) is 15.5. The van der Waals surface area contributed by atoms with Crippen LogP contribution in [0.25, 0.3) is 10.1 Å². The minimum Gasteiger partial charge on any atom is -0.494 e. The molecule has 0 unspecified atom stereocenters. The second-order valence-corrected chi connectivity index (χ2v) is 9.57. The van der Waals surface area contributed by atoms with Gasteiger partial charge in [-0.2, -0.15) is 0 Å². The Balaban J connectivity index is 1.73. The number of benzene rings is 2. The van der Waals surface area contributed by atoms with Crippen LogP contribution >= 0.6 is 22.9 Å². The van der Waals surface area contributed by atoms with Crippen LogP contribution in [0.15, 0.2) is 42.5 Å². The maximum atomic E-state index is 13.8. The van der Waals surface area contributed by atoms with Crippen LogP contribution < -0.4 is 10.2 Å². The van der Waals surface area contributed by atoms with Crippen LogP contribution in [0, 0.1) is 0 Å². The van der Waals surface area contributed by atoms with Gasteiger partial charge in [0.25, 0.3) is 5.91 Å². The molecule has 0 saturated heterocycles. The summed E-state index contributed by atoms with van der Waals surface area (Å²) in [5.74, 6) is 0.563. The summed E-state index contributed by atoms with van der Waals surface area (Å²) < 4.78 is 6.78. The van der Waals surface area contributed by atoms with Gasteiger partial charge in [0, 0.05) is 28.2 Å². The van der Waals surface area contributed by atoms with E-state index < -0.39 is 7.12 Å². The van der Waals surface area contributed by atoms with Crippen molar-refractivity contribution in [3.63, 3.8) is 0 Å². The normalized spacial score (nSPS) is 14.5. The first-order valence-electron chi connectivity index (χ1n) is 11.1. The van der Waals surface area contributed by atoms with Gasteiger partial charge in [0.15, 0.2) is 0 Å². The van der Waals surface area contributed by atoms with Gasteiger partial charge in [-0.1, -0.05) is 61.2 Å². The third kappa shape index (κ3) is 4.81. The van der Waals surface area contributed by atoms with Crippen LogP contribution in [0.4, 0.5) is 0 Å². The monoisotopic (exact) mass is 471 g/mol. The molecule has 5 nitrogen and oxygen atoms in total. The van der Waals surface area contributed by atoms with Gasteiger partial charge in [-0.15, -0.1) is 11.3 Å². The van der Waals surface area contributed by atoms with Crippen molar-refractivity contribution in [2.45, 2.75) is 51.6 Å². The molecule has 0 spiro atoms. The highest BCUT2D eigenvalue weighted by Crippen LogP contribution is 2.37. The lowest BCUT2D eigenvalue weighted by Gasteiger charge is -2.35. The van der Waals surface area contributed by atoms with E-state index in [1.165, 1.54) is 17.8 Å². The molecule has 1 fully saturated rings. The Kier molecular flexibility index (Phi) is 7.41. The molecule has 0 bridgehead atoms. The van der Waals surface area contributed by atoms with Gasteiger partial charge in [0.2, 0.25) is 0 Å². The van der Waals surface area contributed by atoms with Gasteiger partial charge in [-0.05, 0) is 37.4 Å². The van der Waals surface area contributed by atoms with Crippen LogP contribution in [0.3, 0.4) is 0 Å². The molecule has 1 amide bonds. The van der Waals surface area contributed by atoms with E-state index in [0.29, 0.717) is 34.3 Å². The van der Waals surface area contributed by atoms with E-state index in [9.17, 15) is 14.8 Å². The summed E-state index contributed by atoms with van der Waals surface area (Å²) in [5, 5.41) is 20.7. The Morgan fingerprint density at radius 2 is 1.94 bits per heavy atom. The van der Waals surface area contributed by atoms with E-state index in [4.69, 9.17) is 16.3 Å². The molecule has 1 aliphatic carbocycles. The molecule has 8 heteroatoms. The lowest BCUT2D eigenvalue weighted by molar-refractivity contribution is 0.0617. The summed E-state index contributed by atoms with van der Waals surface area (Å²) >= 11 is 8.08. The molecular weight excluding hydrogens is 445 g/mol. The fraction of sp³-hybridized carbons (Fsp3) is 0.375. The van der Waals surface area contributed by atoms with Crippen LogP contribution in [0.2, 0.25) is 5.02 Å². The number of ether oxygens (including phenoxy) is 1. The van der Waals surface area contributed by atoms with E-state index in [1.807, 2.05) is 36.1 Å². The number of carbonyl (C=O) groups excluding carboxylic acids is 1. The number of amides is 1. The summed E-state index contributed by atoms with van der Waals surface area (Å²) in [4.78, 5) is 16.3. The molecule has 0 radical (unpaired) electrons. The summed E-state index contributed by atoms with van der Waals surface area (Å²) in [6.45, 7) is 2.71. The zero-order valence-corrected chi connectivity index (χ0v) is 19.7. The van der Waals surface area contributed by atoms with E-state index in [0.717, 1.165) is 41.3 Å². The molecule has 1 aliphatic rings. The molecule has 2 aromatic carbocycles. The molecule has 1 heterocycles. The molecule has 168 valence electrons. The highest BCUT2D eigenvalue weighted by atomic mass is 35.5. The average molecular weight is 472 g/mol. The third-order valence-electron chi connectivity index (χ3n) is 6.03. The molecule has 0 atom stereocenters. The van der Waals surface area contributed by atoms with Gasteiger partial charge in [-0.3, -0.25) is 4.79 Å². The van der Waals surface area contributed by atoms with Crippen molar-refractivity contribution in [2.75, 3.05) is 6.61 Å². The zero-order valence-electron chi connectivity index (χ0n) is 18.1. The van der Waals surface area contributed by atoms with Crippen LogP contribution in [0.5, 0.6) is 5.75 Å². The zero-order chi connectivity index (χ0) is 22.7. The second kappa shape index (κ2) is 10.3. The maximum Gasteiger partial charge on any atom is 0.488 e. The van der Waals surface area contributed by atoms with Crippen molar-refractivity contribution in [2.24, 2.45) is 0 Å². The Bertz CT molecular complexity index is 1100. The van der Waals surface area contributed by atoms with Gasteiger partial charge in [0.1, 0.15) is 10.6 Å². The van der Waals surface area contributed by atoms with E-state index in [-0.39, 0.29) is 11.9 Å². The number of thiophene rings is 1. The first kappa shape index (κ1) is 23.1. The predicted molar refractivity (Wildman–Crippen MR) is 131 cm³/mol. The maximum absolute atomic E-state index is 13.8. The molecule has 1 aromatic heterocycles. The second-order valence-electron chi connectivity index (χ2n) is 8.14. The summed E-state index contributed by atoms with van der Waals surface area (Å²) in [6.07, 6.45) is 5.24. The highest BCUT2D eigenvalue weighted by Gasteiger charge is 2.30. The molecule has 3 aromatic rings. The Labute approximate surface area is 197 Å². The van der Waals surface area contributed by atoms with Crippen molar-refractivity contribution in [1.29, 1.82) is 0 Å². The SMILES string of the molecule is CCOc1ccc(B(O)O)cc1CN(C(=O)c1sc2ccccc2c1Cl)C1CCCCC1. The Morgan fingerprint density at radius 1 is 1.19 bits per heavy atom. The number of hydrogen-bond acceptors (Lipinski definition) is 5. The van der Waals surface area contributed by atoms with E-state index in [1.54, 1.807) is 18.2 Å². The lowest BCUT2D eigenvalue weighted by atomic mass is 9.79. The van der Waals surface area contributed by atoms with Crippen molar-refractivity contribution in [3.05, 3.63) is 57.9 Å². The lowest BCUT2D eigenvalue weighted by Crippen LogP contribution is -2.41. The number of rotatable bonds is 7. The van der Waals surface area contributed by atoms with Crippen molar-refractivity contribution in [3.8, 4) is 5.75 Å². The predicted octanol–water partition coefficient (Wildman–Crippen LogP) is 4.61. The number of hydrogen-bond donors (Lipinski definition) is 2. The topological polar surface area (TPSA) is 70.0 Å². The summed E-state index contributed by atoms with van der Waals surface area (Å²) in [7, 11) is -1.58. The molecule has 4 rings (SSSR count). The minimum atomic E-state index is -1.58. The summed E-state index contributed by atoms with van der Waals surface area (Å²) in [5.41, 5.74) is 1.13. The largest absolute Gasteiger partial charge is 0.494 e. The standard InChI is InChI=1S/C24H27BClNO4S/c1-2-31-20-13-12-17(25(29)30)14-16(20)15-27(18-8-4-3-5-9-18)24(28)23-22(26)19-10-6-7-11-21(19)32-23/h6-7,10-14,18,29-30H,2-5,8-9,15H2,1H3. The van der Waals surface area contributed by atoms with Crippen molar-refractivity contribution >= 4 is 51.5 Å². The van der Waals surface area contributed by atoms with E-state index >= 15 is 0 Å².